The monoisotopic (exact) mass is 366 g/mol. The molecule has 5 rings (SSSR count). The van der Waals surface area contributed by atoms with Crippen LogP contribution >= 0.6 is 0 Å². The molecule has 1 spiro atoms. The number of aromatic nitrogens is 2. The standard InChI is InChI=1S/C21H26N4O2/c26-20(17-7-10-22-24-17)23-18-13-21(27-19-4-2-1-3-16(18)19)8-11-25(12-9-21)14-15-5-6-15/h1-4,7,10,15,18H,5-6,8-9,11-14H2,(H,22,24)(H,23,26). The number of likely N-dealkylation sites (tertiary alicyclic amines) is 1. The van der Waals surface area contributed by atoms with Crippen molar-refractivity contribution in [1.29, 1.82) is 0 Å². The molecular formula is C21H26N4O2. The number of rotatable bonds is 4. The van der Waals surface area contributed by atoms with E-state index in [1.54, 1.807) is 12.3 Å². The Morgan fingerprint density at radius 2 is 2.07 bits per heavy atom. The van der Waals surface area contributed by atoms with Crippen LogP contribution in [0.1, 0.15) is 54.2 Å². The highest BCUT2D eigenvalue weighted by atomic mass is 16.5. The van der Waals surface area contributed by atoms with Gasteiger partial charge in [-0.2, -0.15) is 5.10 Å². The van der Waals surface area contributed by atoms with Crippen LogP contribution in [0.25, 0.3) is 0 Å². The van der Waals surface area contributed by atoms with E-state index in [4.69, 9.17) is 4.74 Å². The number of amides is 1. The third kappa shape index (κ3) is 3.46. The molecule has 1 aliphatic carbocycles. The fourth-order valence-electron chi connectivity index (χ4n) is 4.48. The molecule has 3 aliphatic rings. The lowest BCUT2D eigenvalue weighted by atomic mass is 9.80. The number of benzene rings is 1. The first-order valence-electron chi connectivity index (χ1n) is 10.0. The van der Waals surface area contributed by atoms with Gasteiger partial charge in [0.2, 0.25) is 0 Å². The van der Waals surface area contributed by atoms with Gasteiger partial charge in [-0.15, -0.1) is 0 Å². The lowest BCUT2D eigenvalue weighted by Crippen LogP contribution is -2.52. The Balaban J connectivity index is 1.34. The maximum atomic E-state index is 12.6. The van der Waals surface area contributed by atoms with E-state index in [-0.39, 0.29) is 17.6 Å². The van der Waals surface area contributed by atoms with Gasteiger partial charge < -0.3 is 15.0 Å². The van der Waals surface area contributed by atoms with Crippen molar-refractivity contribution < 1.29 is 9.53 Å². The van der Waals surface area contributed by atoms with Crippen molar-refractivity contribution >= 4 is 5.91 Å². The summed E-state index contributed by atoms with van der Waals surface area (Å²) in [5, 5.41) is 9.84. The normalized spacial score (nSPS) is 24.2. The minimum absolute atomic E-state index is 0.0410. The van der Waals surface area contributed by atoms with Gasteiger partial charge in [0.15, 0.2) is 0 Å². The molecule has 0 radical (unpaired) electrons. The molecule has 2 aliphatic heterocycles. The number of H-pyrrole nitrogens is 1. The number of carbonyl (C=O) groups excluding carboxylic acids is 1. The van der Waals surface area contributed by atoms with Gasteiger partial charge in [0, 0.05) is 37.8 Å². The summed E-state index contributed by atoms with van der Waals surface area (Å²) in [5.74, 6) is 1.72. The van der Waals surface area contributed by atoms with Crippen molar-refractivity contribution in [2.24, 2.45) is 5.92 Å². The van der Waals surface area contributed by atoms with E-state index in [2.05, 4.69) is 26.5 Å². The number of piperidine rings is 1. The molecule has 1 atom stereocenters. The van der Waals surface area contributed by atoms with E-state index in [1.807, 2.05) is 18.2 Å². The van der Waals surface area contributed by atoms with E-state index >= 15 is 0 Å². The molecule has 27 heavy (non-hydrogen) atoms. The minimum atomic E-state index is -0.180. The molecule has 6 heteroatoms. The molecule has 2 aromatic rings. The molecule has 2 N–H and O–H groups in total. The molecule has 1 saturated heterocycles. The predicted octanol–water partition coefficient (Wildman–Crippen LogP) is 2.91. The molecule has 1 unspecified atom stereocenters. The number of nitrogens with one attached hydrogen (secondary N) is 2. The maximum absolute atomic E-state index is 12.6. The van der Waals surface area contributed by atoms with Crippen molar-refractivity contribution in [3.8, 4) is 5.75 Å². The van der Waals surface area contributed by atoms with Crippen molar-refractivity contribution in [3.05, 3.63) is 47.8 Å². The second-order valence-corrected chi connectivity index (χ2v) is 8.27. The number of fused-ring (bicyclic) bond motifs is 1. The second-order valence-electron chi connectivity index (χ2n) is 8.27. The number of carbonyl (C=O) groups is 1. The molecule has 6 nitrogen and oxygen atoms in total. The third-order valence-electron chi connectivity index (χ3n) is 6.23. The zero-order chi connectivity index (χ0) is 18.3. The van der Waals surface area contributed by atoms with Gasteiger partial charge in [0.05, 0.1) is 6.04 Å². The Bertz CT molecular complexity index is 807. The Kier molecular flexibility index (Phi) is 4.16. The topological polar surface area (TPSA) is 70.2 Å². The van der Waals surface area contributed by atoms with Gasteiger partial charge >= 0.3 is 0 Å². The fraction of sp³-hybridized carbons (Fsp3) is 0.524. The first-order valence-corrected chi connectivity index (χ1v) is 10.0. The number of nitrogens with zero attached hydrogens (tertiary/aromatic N) is 2. The molecule has 1 aromatic heterocycles. The van der Waals surface area contributed by atoms with Crippen molar-refractivity contribution in [2.45, 2.75) is 43.7 Å². The lowest BCUT2D eigenvalue weighted by Gasteiger charge is -2.47. The summed E-state index contributed by atoms with van der Waals surface area (Å²) >= 11 is 0. The third-order valence-corrected chi connectivity index (χ3v) is 6.23. The SMILES string of the molecule is O=C(NC1CC2(CCN(CC3CC3)CC2)Oc2ccccc21)c1ccn[nH]1. The average molecular weight is 366 g/mol. The highest BCUT2D eigenvalue weighted by molar-refractivity contribution is 5.92. The van der Waals surface area contributed by atoms with Crippen LogP contribution in [0.5, 0.6) is 5.75 Å². The highest BCUT2D eigenvalue weighted by Gasteiger charge is 2.44. The largest absolute Gasteiger partial charge is 0.487 e. The molecule has 1 amide bonds. The van der Waals surface area contributed by atoms with Crippen LogP contribution in [-0.4, -0.2) is 46.2 Å². The van der Waals surface area contributed by atoms with E-state index in [1.165, 1.54) is 19.4 Å². The van der Waals surface area contributed by atoms with Crippen LogP contribution in [-0.2, 0) is 0 Å². The number of ether oxygens (including phenoxy) is 1. The fourth-order valence-corrected chi connectivity index (χ4v) is 4.48. The van der Waals surface area contributed by atoms with Crippen LogP contribution < -0.4 is 10.1 Å². The van der Waals surface area contributed by atoms with Crippen LogP contribution in [0.3, 0.4) is 0 Å². The van der Waals surface area contributed by atoms with Crippen molar-refractivity contribution in [2.75, 3.05) is 19.6 Å². The summed E-state index contributed by atoms with van der Waals surface area (Å²) < 4.78 is 6.53. The molecule has 3 heterocycles. The molecule has 142 valence electrons. The van der Waals surface area contributed by atoms with E-state index < -0.39 is 0 Å². The Morgan fingerprint density at radius 3 is 2.81 bits per heavy atom. The highest BCUT2D eigenvalue weighted by Crippen LogP contribution is 2.44. The molecule has 2 fully saturated rings. The zero-order valence-corrected chi connectivity index (χ0v) is 15.5. The van der Waals surface area contributed by atoms with Gasteiger partial charge in [0.1, 0.15) is 17.0 Å². The number of hydrogen-bond donors (Lipinski definition) is 2. The van der Waals surface area contributed by atoms with Crippen LogP contribution in [0, 0.1) is 5.92 Å². The number of para-hydroxylation sites is 1. The number of aromatic amines is 1. The van der Waals surface area contributed by atoms with Crippen molar-refractivity contribution in [3.63, 3.8) is 0 Å². The Morgan fingerprint density at radius 1 is 1.26 bits per heavy atom. The van der Waals surface area contributed by atoms with Crippen LogP contribution in [0.2, 0.25) is 0 Å². The molecule has 1 aromatic carbocycles. The van der Waals surface area contributed by atoms with Gasteiger partial charge in [-0.1, -0.05) is 18.2 Å². The summed E-state index contributed by atoms with van der Waals surface area (Å²) in [5.41, 5.74) is 1.38. The predicted molar refractivity (Wildman–Crippen MR) is 102 cm³/mol. The van der Waals surface area contributed by atoms with Crippen LogP contribution in [0.4, 0.5) is 0 Å². The van der Waals surface area contributed by atoms with E-state index in [0.29, 0.717) is 5.69 Å². The minimum Gasteiger partial charge on any atom is -0.487 e. The average Bonchev–Trinajstić information content (AvgIpc) is 3.32. The second kappa shape index (κ2) is 6.68. The summed E-state index contributed by atoms with van der Waals surface area (Å²) in [7, 11) is 0. The number of hydrogen-bond acceptors (Lipinski definition) is 4. The van der Waals surface area contributed by atoms with Gasteiger partial charge in [-0.25, -0.2) is 0 Å². The summed E-state index contributed by atoms with van der Waals surface area (Å²) in [6.07, 6.45) is 7.25. The first-order chi connectivity index (χ1) is 13.2. The maximum Gasteiger partial charge on any atom is 0.269 e. The summed E-state index contributed by atoms with van der Waals surface area (Å²) in [4.78, 5) is 15.2. The quantitative estimate of drug-likeness (QED) is 0.873. The molecular weight excluding hydrogens is 340 g/mol. The summed E-state index contributed by atoms with van der Waals surface area (Å²) in [6.45, 7) is 3.41. The smallest absolute Gasteiger partial charge is 0.269 e. The van der Waals surface area contributed by atoms with E-state index in [0.717, 1.165) is 49.6 Å². The van der Waals surface area contributed by atoms with Gasteiger partial charge in [-0.05, 0) is 43.7 Å². The first kappa shape index (κ1) is 16.8. The lowest BCUT2D eigenvalue weighted by molar-refractivity contribution is -0.0254. The van der Waals surface area contributed by atoms with Crippen molar-refractivity contribution in [1.82, 2.24) is 20.4 Å². The molecule has 0 bridgehead atoms. The van der Waals surface area contributed by atoms with Gasteiger partial charge in [0.25, 0.3) is 5.91 Å². The summed E-state index contributed by atoms with van der Waals surface area (Å²) in [6, 6.07) is 9.76. The van der Waals surface area contributed by atoms with Crippen LogP contribution in [0.15, 0.2) is 36.5 Å². The Hall–Kier alpha value is -2.34. The Labute approximate surface area is 159 Å². The van der Waals surface area contributed by atoms with Gasteiger partial charge in [-0.3, -0.25) is 9.89 Å². The van der Waals surface area contributed by atoms with E-state index in [9.17, 15) is 4.79 Å². The zero-order valence-electron chi connectivity index (χ0n) is 15.5. The molecule has 1 saturated carbocycles.